The van der Waals surface area contributed by atoms with Crippen LogP contribution in [-0.2, 0) is 14.9 Å². The van der Waals surface area contributed by atoms with Crippen LogP contribution in [0.2, 0.25) is 0 Å². The highest BCUT2D eigenvalue weighted by Gasteiger charge is 2.30. The van der Waals surface area contributed by atoms with E-state index in [1.807, 2.05) is 33.9 Å². The molecule has 0 atom stereocenters. The zero-order chi connectivity index (χ0) is 22.3. The summed E-state index contributed by atoms with van der Waals surface area (Å²) >= 11 is 0. The molecule has 1 aromatic carbocycles. The Morgan fingerprint density at radius 2 is 2.03 bits per heavy atom. The lowest BCUT2D eigenvalue weighted by molar-refractivity contribution is -0.122. The third kappa shape index (κ3) is 5.99. The summed E-state index contributed by atoms with van der Waals surface area (Å²) in [6.07, 6.45) is 10.6. The lowest BCUT2D eigenvalue weighted by atomic mass is 9.76. The van der Waals surface area contributed by atoms with Crippen molar-refractivity contribution in [3.05, 3.63) is 76.8 Å². The average molecular weight is 405 g/mol. The minimum absolute atomic E-state index is 0.155. The van der Waals surface area contributed by atoms with Crippen LogP contribution in [0.4, 0.5) is 0 Å². The van der Waals surface area contributed by atoms with Gasteiger partial charge in [-0.25, -0.2) is 0 Å². The summed E-state index contributed by atoms with van der Waals surface area (Å²) in [6, 6.07) is 6.30. The number of rotatable bonds is 8. The van der Waals surface area contributed by atoms with Gasteiger partial charge in [0.1, 0.15) is 11.5 Å². The van der Waals surface area contributed by atoms with Gasteiger partial charge in [-0.2, -0.15) is 0 Å². The molecule has 0 aliphatic carbocycles. The summed E-state index contributed by atoms with van der Waals surface area (Å²) < 4.78 is 4.95. The number of carbonyl (C=O) groups is 1. The number of carbonyl (C=O) groups excluding carboxylic acids is 1. The van der Waals surface area contributed by atoms with Gasteiger partial charge in [0.25, 0.3) is 0 Å². The van der Waals surface area contributed by atoms with Crippen molar-refractivity contribution < 1.29 is 9.53 Å². The molecule has 0 radical (unpaired) electrons. The molecule has 2 rings (SSSR count). The van der Waals surface area contributed by atoms with E-state index < -0.39 is 5.41 Å². The van der Waals surface area contributed by atoms with Crippen molar-refractivity contribution in [1.82, 2.24) is 0 Å². The number of ether oxygens (including phenoxy) is 1. The maximum atomic E-state index is 13.1. The molecule has 0 saturated heterocycles. The van der Waals surface area contributed by atoms with Gasteiger partial charge in [0.2, 0.25) is 0 Å². The number of benzene rings is 1. The molecule has 4 nitrogen and oxygen atoms in total. The van der Waals surface area contributed by atoms with Crippen LogP contribution in [0.5, 0.6) is 0 Å². The fraction of sp³-hybridized carbons (Fsp3) is 0.346. The molecule has 0 saturated carbocycles. The Kier molecular flexibility index (Phi) is 7.87. The van der Waals surface area contributed by atoms with Gasteiger partial charge >= 0.3 is 0 Å². The van der Waals surface area contributed by atoms with E-state index in [4.69, 9.17) is 4.74 Å². The first-order valence-electron chi connectivity index (χ1n) is 10.1. The predicted octanol–water partition coefficient (Wildman–Crippen LogP) is 6.13. The van der Waals surface area contributed by atoms with Crippen molar-refractivity contribution in [3.63, 3.8) is 0 Å². The van der Waals surface area contributed by atoms with Gasteiger partial charge in [-0.1, -0.05) is 36.9 Å². The number of allylic oxidation sites excluding steroid dienone is 6. The van der Waals surface area contributed by atoms with E-state index in [-0.39, 0.29) is 5.78 Å². The molecule has 0 spiro atoms. The van der Waals surface area contributed by atoms with Crippen LogP contribution in [0.1, 0.15) is 57.2 Å². The van der Waals surface area contributed by atoms with Gasteiger partial charge < -0.3 is 4.74 Å². The number of methoxy groups -OCH3 is 1. The van der Waals surface area contributed by atoms with E-state index in [1.54, 1.807) is 13.3 Å². The minimum atomic E-state index is -0.596. The average Bonchev–Trinajstić information content (AvgIpc) is 2.91. The Bertz CT molecular complexity index is 973. The van der Waals surface area contributed by atoms with E-state index >= 15 is 0 Å². The van der Waals surface area contributed by atoms with E-state index in [0.29, 0.717) is 12.2 Å². The van der Waals surface area contributed by atoms with E-state index in [0.717, 1.165) is 40.0 Å². The molecule has 0 aromatic heterocycles. The second-order valence-corrected chi connectivity index (χ2v) is 8.18. The third-order valence-electron chi connectivity index (χ3n) is 5.30. The van der Waals surface area contributed by atoms with Gasteiger partial charge in [0.05, 0.1) is 13.3 Å². The second-order valence-electron chi connectivity index (χ2n) is 8.18. The molecule has 1 heterocycles. The number of aryl methyl sites for hydroxylation is 1. The fourth-order valence-electron chi connectivity index (χ4n) is 3.34. The van der Waals surface area contributed by atoms with E-state index in [1.165, 1.54) is 6.21 Å². The highest BCUT2D eigenvalue weighted by atomic mass is 16.5. The largest absolute Gasteiger partial charge is 0.496 e. The van der Waals surface area contributed by atoms with Gasteiger partial charge in [-0.3, -0.25) is 14.8 Å². The summed E-state index contributed by atoms with van der Waals surface area (Å²) in [5.74, 6) is 0.629. The molecule has 30 heavy (non-hydrogen) atoms. The van der Waals surface area contributed by atoms with Crippen molar-refractivity contribution in [1.29, 1.82) is 0 Å². The lowest BCUT2D eigenvalue weighted by Gasteiger charge is -2.26. The second kappa shape index (κ2) is 10.1. The van der Waals surface area contributed by atoms with Crippen LogP contribution in [0.15, 0.2) is 70.1 Å². The smallest absolute Gasteiger partial charge is 0.146 e. The molecule has 1 aromatic rings. The lowest BCUT2D eigenvalue weighted by Crippen LogP contribution is -2.30. The van der Waals surface area contributed by atoms with Crippen molar-refractivity contribution in [2.75, 3.05) is 7.11 Å². The first-order valence-corrected chi connectivity index (χ1v) is 10.1. The topological polar surface area (TPSA) is 51.0 Å². The molecular formula is C26H32N2O2. The highest BCUT2D eigenvalue weighted by Crippen LogP contribution is 2.31. The molecule has 4 heteroatoms. The van der Waals surface area contributed by atoms with Crippen LogP contribution >= 0.6 is 0 Å². The fourth-order valence-corrected chi connectivity index (χ4v) is 3.34. The summed E-state index contributed by atoms with van der Waals surface area (Å²) in [4.78, 5) is 21.7. The molecule has 0 fully saturated rings. The molecule has 0 unspecified atom stereocenters. The first-order chi connectivity index (χ1) is 14.1. The van der Waals surface area contributed by atoms with Gasteiger partial charge in [-0.05, 0) is 68.9 Å². The maximum Gasteiger partial charge on any atom is 0.146 e. The van der Waals surface area contributed by atoms with Crippen molar-refractivity contribution in [2.24, 2.45) is 9.98 Å². The van der Waals surface area contributed by atoms with Crippen LogP contribution in [0.3, 0.4) is 0 Å². The molecule has 0 amide bonds. The number of nitrogens with zero attached hydrogens (tertiary/aromatic N) is 2. The minimum Gasteiger partial charge on any atom is -0.496 e. The monoisotopic (exact) mass is 404 g/mol. The van der Waals surface area contributed by atoms with Crippen LogP contribution in [0.25, 0.3) is 5.57 Å². The highest BCUT2D eigenvalue weighted by molar-refractivity contribution is 6.10. The number of hydrogen-bond acceptors (Lipinski definition) is 4. The Morgan fingerprint density at radius 3 is 2.70 bits per heavy atom. The Balaban J connectivity index is 2.19. The Hall–Kier alpha value is -3.01. The maximum absolute atomic E-state index is 13.1. The molecule has 1 aliphatic heterocycles. The number of aliphatic imine (C=N–C) groups is 2. The Labute approximate surface area is 180 Å². The zero-order valence-corrected chi connectivity index (χ0v) is 19.0. The number of ketones is 1. The van der Waals surface area contributed by atoms with Crippen LogP contribution < -0.4 is 0 Å². The van der Waals surface area contributed by atoms with Crippen LogP contribution in [-0.4, -0.2) is 25.3 Å². The molecular weight excluding hydrogens is 372 g/mol. The number of Topliss-reactive ketones (excluding diaryl/α,β-unsaturated/α-hetero) is 1. The van der Waals surface area contributed by atoms with E-state index in [9.17, 15) is 4.79 Å². The molecule has 0 N–H and O–H groups in total. The third-order valence-corrected chi connectivity index (χ3v) is 5.30. The zero-order valence-electron chi connectivity index (χ0n) is 19.0. The van der Waals surface area contributed by atoms with Crippen LogP contribution in [0, 0.1) is 6.92 Å². The SMILES string of the molecule is C=C(C=N/C=C(\C)CC(=O)C(C)(C)c1ccc(C2=CCC=C(C)N=C2)cc1C)OC. The normalized spacial score (nSPS) is 14.9. The molecule has 1 aliphatic rings. The van der Waals surface area contributed by atoms with Crippen molar-refractivity contribution in [2.45, 2.75) is 52.9 Å². The molecule has 158 valence electrons. The summed E-state index contributed by atoms with van der Waals surface area (Å²) in [5, 5.41) is 0. The predicted molar refractivity (Wildman–Crippen MR) is 127 cm³/mol. The van der Waals surface area contributed by atoms with Gasteiger partial charge in [0.15, 0.2) is 0 Å². The first kappa shape index (κ1) is 23.3. The van der Waals surface area contributed by atoms with Crippen molar-refractivity contribution in [3.8, 4) is 0 Å². The summed E-state index contributed by atoms with van der Waals surface area (Å²) in [6.45, 7) is 13.6. The van der Waals surface area contributed by atoms with Crippen molar-refractivity contribution >= 4 is 23.8 Å². The van der Waals surface area contributed by atoms with Gasteiger partial charge in [-0.15, -0.1) is 0 Å². The number of hydrogen-bond donors (Lipinski definition) is 0. The quantitative estimate of drug-likeness (QED) is 0.387. The summed E-state index contributed by atoms with van der Waals surface area (Å²) in [7, 11) is 1.54. The van der Waals surface area contributed by atoms with Gasteiger partial charge in [0, 0.05) is 29.9 Å². The standard InChI is InChI=1S/C26H32N2O2/c1-18(15-27-16-21(4)30-7)13-25(29)26(5,6)24-12-11-22(14-19(24)2)23-10-8-9-20(3)28-17-23/h9-12,14-17H,4,8,13H2,1-3,5-7H3/b18-15+,27-16?. The Morgan fingerprint density at radius 1 is 1.30 bits per heavy atom. The molecule has 0 bridgehead atoms. The summed E-state index contributed by atoms with van der Waals surface area (Å²) in [5.41, 5.74) is 5.70. The van der Waals surface area contributed by atoms with E-state index in [2.05, 4.69) is 53.8 Å².